The molecular weight excluding hydrogens is 389 g/mol. The van der Waals surface area contributed by atoms with Crippen LogP contribution in [0.25, 0.3) is 11.3 Å². The summed E-state index contributed by atoms with van der Waals surface area (Å²) in [6.45, 7) is 5.94. The maximum absolute atomic E-state index is 13.2. The van der Waals surface area contributed by atoms with Gasteiger partial charge in [0.2, 0.25) is 0 Å². The molecule has 0 bridgehead atoms. The van der Waals surface area contributed by atoms with Crippen molar-refractivity contribution in [2.45, 2.75) is 19.8 Å². The Morgan fingerprint density at radius 2 is 1.73 bits per heavy atom. The topological polar surface area (TPSA) is 45.2 Å². The maximum Gasteiger partial charge on any atom is 0.266 e. The Morgan fingerprint density at radius 1 is 1.12 bits per heavy atom. The van der Waals surface area contributed by atoms with Crippen LogP contribution in [0.5, 0.6) is 0 Å². The molecule has 2 atom stereocenters. The van der Waals surface area contributed by atoms with E-state index in [1.165, 1.54) is 11.3 Å². The number of fused-ring (bicyclic) bond motifs is 1. The first-order chi connectivity index (χ1) is 11.7. The minimum atomic E-state index is 0. The van der Waals surface area contributed by atoms with Gasteiger partial charge in [-0.1, -0.05) is 30.3 Å². The van der Waals surface area contributed by atoms with E-state index in [1.54, 1.807) is 0 Å². The Morgan fingerprint density at radius 3 is 2.35 bits per heavy atom. The molecule has 2 saturated heterocycles. The number of thiazole rings is 1. The zero-order valence-corrected chi connectivity index (χ0v) is 17.3. The smallest absolute Gasteiger partial charge is 0.266 e. The number of carbonyl (C=O) groups excluding carboxylic acids is 1. The Kier molecular flexibility index (Phi) is 7.47. The first-order valence-electron chi connectivity index (χ1n) is 8.75. The van der Waals surface area contributed by atoms with Crippen LogP contribution >= 0.6 is 36.2 Å². The van der Waals surface area contributed by atoms with Gasteiger partial charge in [0.1, 0.15) is 4.88 Å². The molecule has 2 aliphatic rings. The molecule has 26 heavy (non-hydrogen) atoms. The Balaban J connectivity index is 0.00000121. The van der Waals surface area contributed by atoms with Crippen molar-refractivity contribution >= 4 is 42.1 Å². The lowest BCUT2D eigenvalue weighted by molar-refractivity contribution is 0.0764. The van der Waals surface area contributed by atoms with Gasteiger partial charge in [-0.2, -0.15) is 0 Å². The highest BCUT2D eigenvalue weighted by Crippen LogP contribution is 2.32. The molecule has 4 nitrogen and oxygen atoms in total. The van der Waals surface area contributed by atoms with E-state index in [0.29, 0.717) is 0 Å². The highest BCUT2D eigenvalue weighted by atomic mass is 35.5. The van der Waals surface area contributed by atoms with E-state index in [1.807, 2.05) is 37.3 Å². The lowest BCUT2D eigenvalue weighted by Gasteiger charge is -2.20. The van der Waals surface area contributed by atoms with Crippen molar-refractivity contribution in [2.75, 3.05) is 26.2 Å². The van der Waals surface area contributed by atoms with Crippen molar-refractivity contribution in [1.29, 1.82) is 0 Å². The SMILES string of the molecule is Cc1nc(-c2ccccc2)c(C(=O)N2CC[C@@H]3CNC[C@@H]3CC2)s1.Cl.Cl. The lowest BCUT2D eigenvalue weighted by atomic mass is 9.92. The van der Waals surface area contributed by atoms with Gasteiger partial charge >= 0.3 is 0 Å². The van der Waals surface area contributed by atoms with Gasteiger partial charge < -0.3 is 10.2 Å². The first kappa shape index (κ1) is 21.2. The summed E-state index contributed by atoms with van der Waals surface area (Å²) >= 11 is 1.52. The highest BCUT2D eigenvalue weighted by molar-refractivity contribution is 7.14. The van der Waals surface area contributed by atoms with E-state index in [0.717, 1.165) is 72.0 Å². The Hall–Kier alpha value is -1.14. The number of amides is 1. The number of hydrogen-bond acceptors (Lipinski definition) is 4. The van der Waals surface area contributed by atoms with Crippen LogP contribution in [-0.4, -0.2) is 42.0 Å². The number of likely N-dealkylation sites (tertiary alicyclic amines) is 1. The zero-order valence-electron chi connectivity index (χ0n) is 14.8. The standard InChI is InChI=1S/C19H23N3OS.2ClH/c1-13-21-17(14-5-3-2-4-6-14)18(24-13)19(23)22-9-7-15-11-20-12-16(15)8-10-22;;/h2-6,15-16,20H,7-12H2,1H3;2*1H/t15-,16+;;. The summed E-state index contributed by atoms with van der Waals surface area (Å²) in [4.78, 5) is 20.6. The summed E-state index contributed by atoms with van der Waals surface area (Å²) in [6, 6.07) is 10.1. The summed E-state index contributed by atoms with van der Waals surface area (Å²) < 4.78 is 0. The number of benzene rings is 1. The second-order valence-electron chi connectivity index (χ2n) is 6.82. The predicted octanol–water partition coefficient (Wildman–Crippen LogP) is 4.03. The van der Waals surface area contributed by atoms with Crippen LogP contribution in [0.15, 0.2) is 30.3 Å². The number of nitrogens with one attached hydrogen (secondary N) is 1. The number of aryl methyl sites for hydroxylation is 1. The summed E-state index contributed by atoms with van der Waals surface area (Å²) in [7, 11) is 0. The maximum atomic E-state index is 13.2. The van der Waals surface area contributed by atoms with E-state index >= 15 is 0 Å². The van der Waals surface area contributed by atoms with Crippen molar-refractivity contribution in [2.24, 2.45) is 11.8 Å². The Labute approximate surface area is 171 Å². The number of halogens is 2. The van der Waals surface area contributed by atoms with Gasteiger partial charge in [0.05, 0.1) is 10.7 Å². The molecule has 0 aliphatic carbocycles. The molecule has 0 saturated carbocycles. The number of rotatable bonds is 2. The lowest BCUT2D eigenvalue weighted by Crippen LogP contribution is -2.32. The second kappa shape index (κ2) is 9.18. The summed E-state index contributed by atoms with van der Waals surface area (Å²) in [5, 5.41) is 4.44. The fraction of sp³-hybridized carbons (Fsp3) is 0.474. The second-order valence-corrected chi connectivity index (χ2v) is 8.03. The van der Waals surface area contributed by atoms with E-state index in [-0.39, 0.29) is 30.7 Å². The fourth-order valence-corrected chi connectivity index (χ4v) is 4.84. The van der Waals surface area contributed by atoms with Gasteiger partial charge in [0.15, 0.2) is 0 Å². The summed E-state index contributed by atoms with van der Waals surface area (Å²) in [6.07, 6.45) is 2.23. The minimum absolute atomic E-state index is 0. The predicted molar refractivity (Wildman–Crippen MR) is 112 cm³/mol. The van der Waals surface area contributed by atoms with Crippen LogP contribution < -0.4 is 5.32 Å². The third-order valence-electron chi connectivity index (χ3n) is 5.28. The van der Waals surface area contributed by atoms with Crippen LogP contribution in [0.2, 0.25) is 0 Å². The van der Waals surface area contributed by atoms with Crippen molar-refractivity contribution < 1.29 is 4.79 Å². The molecule has 0 unspecified atom stereocenters. The van der Waals surface area contributed by atoms with Crippen LogP contribution in [0, 0.1) is 18.8 Å². The first-order valence-corrected chi connectivity index (χ1v) is 9.57. The molecule has 4 rings (SSSR count). The molecule has 2 aliphatic heterocycles. The molecule has 0 spiro atoms. The van der Waals surface area contributed by atoms with E-state index in [2.05, 4.69) is 15.2 Å². The molecule has 2 fully saturated rings. The molecule has 1 aromatic carbocycles. The summed E-state index contributed by atoms with van der Waals surface area (Å²) in [5.74, 6) is 1.63. The normalized spacial score (nSPS) is 22.0. The number of hydrogen-bond donors (Lipinski definition) is 1. The average Bonchev–Trinajstić information content (AvgIpc) is 3.17. The van der Waals surface area contributed by atoms with Gasteiger partial charge in [0.25, 0.3) is 5.91 Å². The monoisotopic (exact) mass is 413 g/mol. The van der Waals surface area contributed by atoms with Crippen molar-refractivity contribution in [1.82, 2.24) is 15.2 Å². The van der Waals surface area contributed by atoms with Gasteiger partial charge in [-0.3, -0.25) is 4.79 Å². The third-order valence-corrected chi connectivity index (χ3v) is 6.24. The van der Waals surface area contributed by atoms with Crippen LogP contribution in [0.3, 0.4) is 0 Å². The quantitative estimate of drug-likeness (QED) is 0.807. The molecule has 1 aromatic heterocycles. The molecule has 7 heteroatoms. The van der Waals surface area contributed by atoms with Crippen molar-refractivity contribution in [3.8, 4) is 11.3 Å². The van der Waals surface area contributed by atoms with E-state index in [9.17, 15) is 4.79 Å². The van der Waals surface area contributed by atoms with Crippen LogP contribution in [-0.2, 0) is 0 Å². The zero-order chi connectivity index (χ0) is 16.5. The molecular formula is C19H25Cl2N3OS. The fourth-order valence-electron chi connectivity index (χ4n) is 3.93. The van der Waals surface area contributed by atoms with Gasteiger partial charge in [0, 0.05) is 18.7 Å². The largest absolute Gasteiger partial charge is 0.338 e. The van der Waals surface area contributed by atoms with Crippen molar-refractivity contribution in [3.63, 3.8) is 0 Å². The highest BCUT2D eigenvalue weighted by Gasteiger charge is 2.32. The Bertz CT molecular complexity index is 724. The molecule has 3 heterocycles. The number of carbonyl (C=O) groups is 1. The van der Waals surface area contributed by atoms with Gasteiger partial charge in [-0.15, -0.1) is 36.2 Å². The van der Waals surface area contributed by atoms with Crippen LogP contribution in [0.4, 0.5) is 0 Å². The molecule has 0 radical (unpaired) electrons. The minimum Gasteiger partial charge on any atom is -0.338 e. The van der Waals surface area contributed by atoms with Gasteiger partial charge in [-0.05, 0) is 44.7 Å². The molecule has 2 aromatic rings. The molecule has 1 N–H and O–H groups in total. The summed E-state index contributed by atoms with van der Waals surface area (Å²) in [5.41, 5.74) is 1.87. The average molecular weight is 414 g/mol. The van der Waals surface area contributed by atoms with Crippen molar-refractivity contribution in [3.05, 3.63) is 40.2 Å². The van der Waals surface area contributed by atoms with Crippen LogP contribution in [0.1, 0.15) is 27.5 Å². The number of aromatic nitrogens is 1. The van der Waals surface area contributed by atoms with Gasteiger partial charge in [-0.25, -0.2) is 4.98 Å². The molecule has 142 valence electrons. The van der Waals surface area contributed by atoms with E-state index in [4.69, 9.17) is 0 Å². The third kappa shape index (κ3) is 4.22. The number of nitrogens with zero attached hydrogens (tertiary/aromatic N) is 2. The van der Waals surface area contributed by atoms with E-state index < -0.39 is 0 Å². The molecule has 1 amide bonds.